The smallest absolute Gasteiger partial charge is 0.306 e. The highest BCUT2D eigenvalue weighted by Gasteiger charge is 2.24. The second-order valence-corrected chi connectivity index (χ2v) is 7.64. The third kappa shape index (κ3) is 17.0. The van der Waals surface area contributed by atoms with Crippen molar-refractivity contribution in [3.05, 3.63) is 0 Å². The monoisotopic (exact) mass is 532 g/mol. The van der Waals surface area contributed by atoms with Crippen molar-refractivity contribution in [1.29, 1.82) is 0 Å². The van der Waals surface area contributed by atoms with E-state index in [9.17, 15) is 24.9 Å². The van der Waals surface area contributed by atoms with Crippen LogP contribution in [0, 0.1) is 5.92 Å². The maximum atomic E-state index is 11.8. The van der Waals surface area contributed by atoms with Gasteiger partial charge in [-0.15, -0.1) is 0 Å². The van der Waals surface area contributed by atoms with Gasteiger partial charge >= 0.3 is 11.9 Å². The van der Waals surface area contributed by atoms with Gasteiger partial charge in [-0.2, -0.15) is 0 Å². The molecule has 0 heterocycles. The van der Waals surface area contributed by atoms with Crippen LogP contribution < -0.4 is 0 Å². The van der Waals surface area contributed by atoms with Crippen LogP contribution in [0.15, 0.2) is 0 Å². The average molecular weight is 533 g/mol. The second kappa shape index (κ2) is 21.6. The third-order valence-electron chi connectivity index (χ3n) is 4.39. The lowest BCUT2D eigenvalue weighted by atomic mass is 10.2. The molecule has 36 heavy (non-hydrogen) atoms. The van der Waals surface area contributed by atoms with Gasteiger partial charge in [0.1, 0.15) is 18.8 Å². The minimum atomic E-state index is -1.27. The number of carbonyl (C=O) groups excluding carboxylic acids is 1. The molecule has 0 fully saturated rings. The van der Waals surface area contributed by atoms with E-state index in [2.05, 4.69) is 0 Å². The van der Waals surface area contributed by atoms with Crippen molar-refractivity contribution >= 4 is 11.9 Å². The zero-order chi connectivity index (χ0) is 27.3. The van der Waals surface area contributed by atoms with Crippen molar-refractivity contribution in [3.63, 3.8) is 0 Å². The van der Waals surface area contributed by atoms with Crippen LogP contribution in [-0.2, 0) is 42.7 Å². The number of esters is 1. The first-order chi connectivity index (χ1) is 17.2. The molecule has 0 aromatic rings. The molecule has 0 aromatic heterocycles. The van der Waals surface area contributed by atoms with E-state index in [1.807, 2.05) is 0 Å². The molecular formula is C21H40O15. The molecule has 0 rings (SSSR count). The number of aliphatic hydroxyl groups is 5. The predicted octanol–water partition coefficient (Wildman–Crippen LogP) is -2.56. The van der Waals surface area contributed by atoms with Crippen LogP contribution in [0.2, 0.25) is 0 Å². The van der Waals surface area contributed by atoms with Gasteiger partial charge in [0.15, 0.2) is 18.9 Å². The molecule has 0 amide bonds. The number of aliphatic hydroxyl groups excluding tert-OH is 5. The minimum Gasteiger partial charge on any atom is -0.481 e. The number of rotatable bonds is 24. The summed E-state index contributed by atoms with van der Waals surface area (Å²) in [7, 11) is 1.32. The standard InChI is InChI=1S/C21H40O15/c1-14(5-22)10-32-20(8-25)36-16(12-31-18(29)4-3-17(27)28)13-34-21(9-26)35-15(6-23)11-33-19(7-24)30-2/h14-16,19-26H,3-13H2,1-2H3,(H,27,28). The second-order valence-electron chi connectivity index (χ2n) is 7.64. The zero-order valence-electron chi connectivity index (χ0n) is 20.6. The Balaban J connectivity index is 5.02. The number of aliphatic carboxylic acids is 1. The van der Waals surface area contributed by atoms with Crippen molar-refractivity contribution in [3.8, 4) is 0 Å². The van der Waals surface area contributed by atoms with E-state index in [1.54, 1.807) is 6.92 Å². The van der Waals surface area contributed by atoms with Gasteiger partial charge in [-0.05, 0) is 0 Å². The molecule has 15 nitrogen and oxygen atoms in total. The third-order valence-corrected chi connectivity index (χ3v) is 4.39. The summed E-state index contributed by atoms with van der Waals surface area (Å²) in [5, 5.41) is 55.5. The van der Waals surface area contributed by atoms with Crippen molar-refractivity contribution in [2.45, 2.75) is 50.8 Å². The molecule has 0 saturated carbocycles. The molecule has 214 valence electrons. The lowest BCUT2D eigenvalue weighted by Crippen LogP contribution is -2.39. The van der Waals surface area contributed by atoms with Gasteiger partial charge in [-0.3, -0.25) is 9.59 Å². The number of hydrogen-bond donors (Lipinski definition) is 6. The number of carbonyl (C=O) groups is 2. The van der Waals surface area contributed by atoms with E-state index < -0.39 is 82.5 Å². The van der Waals surface area contributed by atoms with E-state index in [0.29, 0.717) is 0 Å². The van der Waals surface area contributed by atoms with Gasteiger partial charge in [-0.25, -0.2) is 0 Å². The molecule has 6 atom stereocenters. The van der Waals surface area contributed by atoms with E-state index in [0.717, 1.165) is 0 Å². The van der Waals surface area contributed by atoms with Gasteiger partial charge < -0.3 is 63.8 Å². The molecule has 0 radical (unpaired) electrons. The summed E-state index contributed by atoms with van der Waals surface area (Å²) in [6.07, 6.45) is -6.14. The summed E-state index contributed by atoms with van der Waals surface area (Å²) in [4.78, 5) is 22.4. The van der Waals surface area contributed by atoms with Gasteiger partial charge in [-0.1, -0.05) is 6.92 Å². The van der Waals surface area contributed by atoms with Crippen molar-refractivity contribution in [2.75, 3.05) is 66.6 Å². The van der Waals surface area contributed by atoms with Crippen LogP contribution in [0.4, 0.5) is 0 Å². The fourth-order valence-corrected chi connectivity index (χ4v) is 2.38. The summed E-state index contributed by atoms with van der Waals surface area (Å²) in [5.74, 6) is -2.21. The zero-order valence-corrected chi connectivity index (χ0v) is 20.6. The Morgan fingerprint density at radius 1 is 0.667 bits per heavy atom. The van der Waals surface area contributed by atoms with Crippen LogP contribution in [0.5, 0.6) is 0 Å². The van der Waals surface area contributed by atoms with Gasteiger partial charge in [0, 0.05) is 19.6 Å². The SMILES string of the molecule is COC(CO)OCC(CO)OC(CO)OCC(COC(=O)CCC(=O)O)OC(CO)OCC(C)CO. The summed E-state index contributed by atoms with van der Waals surface area (Å²) < 4.78 is 36.9. The number of methoxy groups -OCH3 is 1. The first kappa shape index (κ1) is 34.5. The molecule has 0 saturated heterocycles. The number of ether oxygens (including phenoxy) is 7. The molecule has 0 aliphatic heterocycles. The van der Waals surface area contributed by atoms with Crippen molar-refractivity contribution < 1.29 is 73.4 Å². The summed E-state index contributed by atoms with van der Waals surface area (Å²) in [6, 6.07) is 0. The van der Waals surface area contributed by atoms with Gasteiger partial charge in [0.05, 0.1) is 59.1 Å². The Bertz CT molecular complexity index is 559. The molecule has 0 spiro atoms. The summed E-state index contributed by atoms with van der Waals surface area (Å²) in [6.45, 7) is -1.45. The summed E-state index contributed by atoms with van der Waals surface area (Å²) in [5.41, 5.74) is 0. The average Bonchev–Trinajstić information content (AvgIpc) is 2.88. The maximum absolute atomic E-state index is 11.8. The highest BCUT2D eigenvalue weighted by molar-refractivity contribution is 5.76. The largest absolute Gasteiger partial charge is 0.481 e. The van der Waals surface area contributed by atoms with E-state index in [1.165, 1.54) is 7.11 Å². The first-order valence-corrected chi connectivity index (χ1v) is 11.3. The molecule has 6 N–H and O–H groups in total. The molecule has 0 aliphatic carbocycles. The quantitative estimate of drug-likeness (QED) is 0.0556. The fraction of sp³-hybridized carbons (Fsp3) is 0.905. The number of hydrogen-bond acceptors (Lipinski definition) is 14. The highest BCUT2D eigenvalue weighted by Crippen LogP contribution is 2.10. The van der Waals surface area contributed by atoms with Crippen LogP contribution >= 0.6 is 0 Å². The minimum absolute atomic E-state index is 0.0601. The fourth-order valence-electron chi connectivity index (χ4n) is 2.38. The van der Waals surface area contributed by atoms with Gasteiger partial charge in [0.25, 0.3) is 0 Å². The first-order valence-electron chi connectivity index (χ1n) is 11.3. The Hall–Kier alpha value is -1.50. The Morgan fingerprint density at radius 3 is 1.69 bits per heavy atom. The number of carboxylic acid groups (broad SMARTS) is 1. The van der Waals surface area contributed by atoms with E-state index >= 15 is 0 Å². The topological polar surface area (TPSA) is 220 Å². The molecule has 15 heteroatoms. The van der Waals surface area contributed by atoms with E-state index in [-0.39, 0.29) is 38.8 Å². The van der Waals surface area contributed by atoms with E-state index in [4.69, 9.17) is 48.5 Å². The Kier molecular flexibility index (Phi) is 20.7. The molecule has 6 unspecified atom stereocenters. The molecule has 0 aromatic carbocycles. The Labute approximate surface area is 209 Å². The highest BCUT2D eigenvalue weighted by atomic mass is 16.7. The van der Waals surface area contributed by atoms with Crippen molar-refractivity contribution in [1.82, 2.24) is 0 Å². The Morgan fingerprint density at radius 2 is 1.19 bits per heavy atom. The summed E-state index contributed by atoms with van der Waals surface area (Å²) >= 11 is 0. The van der Waals surface area contributed by atoms with Crippen LogP contribution in [0.3, 0.4) is 0 Å². The molecule has 0 bridgehead atoms. The van der Waals surface area contributed by atoms with Crippen LogP contribution in [0.25, 0.3) is 0 Å². The lowest BCUT2D eigenvalue weighted by molar-refractivity contribution is -0.250. The van der Waals surface area contributed by atoms with Crippen molar-refractivity contribution in [2.24, 2.45) is 5.92 Å². The molecule has 0 aliphatic rings. The maximum Gasteiger partial charge on any atom is 0.306 e. The van der Waals surface area contributed by atoms with Crippen LogP contribution in [-0.4, -0.2) is 140 Å². The lowest BCUT2D eigenvalue weighted by Gasteiger charge is -2.27. The normalized spacial score (nSPS) is 16.6. The molecular weight excluding hydrogens is 492 g/mol. The van der Waals surface area contributed by atoms with Crippen LogP contribution in [0.1, 0.15) is 19.8 Å². The van der Waals surface area contributed by atoms with Gasteiger partial charge in [0.2, 0.25) is 0 Å². The number of carboxylic acids is 1. The predicted molar refractivity (Wildman–Crippen MR) is 118 cm³/mol.